The molecule has 0 aromatic heterocycles. The molecule has 0 saturated carbocycles. The molecule has 6 heteroatoms. The molecule has 2 rings (SSSR count). The smallest absolute Gasteiger partial charge is 0.317 e. The van der Waals surface area contributed by atoms with Crippen molar-refractivity contribution in [3.63, 3.8) is 0 Å². The number of hydrogen-bond acceptors (Lipinski definition) is 3. The van der Waals surface area contributed by atoms with Gasteiger partial charge in [-0.25, -0.2) is 4.79 Å². The molecule has 1 aromatic carbocycles. The minimum absolute atomic E-state index is 0.0160. The molecule has 1 N–H and O–H groups in total. The summed E-state index contributed by atoms with van der Waals surface area (Å²) in [6, 6.07) is 7.86. The number of nitrogens with one attached hydrogen (secondary N) is 1. The molecule has 5 nitrogen and oxygen atoms in total. The van der Waals surface area contributed by atoms with Crippen molar-refractivity contribution < 1.29 is 9.53 Å². The van der Waals surface area contributed by atoms with E-state index in [0.29, 0.717) is 13.2 Å². The van der Waals surface area contributed by atoms with E-state index in [4.69, 9.17) is 16.3 Å². The summed E-state index contributed by atoms with van der Waals surface area (Å²) < 4.78 is 5.25. The van der Waals surface area contributed by atoms with Gasteiger partial charge in [0, 0.05) is 56.6 Å². The number of amides is 2. The summed E-state index contributed by atoms with van der Waals surface area (Å²) in [4.78, 5) is 16.2. The molecular weight excluding hydrogens is 302 g/mol. The summed E-state index contributed by atoms with van der Waals surface area (Å²) in [5.41, 5.74) is 1.12. The number of rotatable bonds is 6. The Bertz CT molecular complexity index is 476. The van der Waals surface area contributed by atoms with E-state index in [1.54, 1.807) is 0 Å². The molecule has 1 aliphatic heterocycles. The number of anilines is 1. The molecule has 1 fully saturated rings. The maximum atomic E-state index is 12.1. The van der Waals surface area contributed by atoms with Gasteiger partial charge >= 0.3 is 6.03 Å². The van der Waals surface area contributed by atoms with Crippen LogP contribution in [0.2, 0.25) is 5.02 Å². The molecule has 0 aliphatic carbocycles. The van der Waals surface area contributed by atoms with Crippen molar-refractivity contribution in [3.05, 3.63) is 29.3 Å². The SMILES string of the molecule is CCOCCCNC(=O)N1CCN(c2cccc(Cl)c2)CC1. The number of piperazine rings is 1. The molecule has 122 valence electrons. The van der Waals surface area contributed by atoms with Gasteiger partial charge in [-0.3, -0.25) is 0 Å². The monoisotopic (exact) mass is 325 g/mol. The van der Waals surface area contributed by atoms with Gasteiger partial charge in [0.2, 0.25) is 0 Å². The van der Waals surface area contributed by atoms with Gasteiger partial charge in [-0.2, -0.15) is 0 Å². The van der Waals surface area contributed by atoms with E-state index in [0.717, 1.165) is 49.9 Å². The first kappa shape index (κ1) is 16.9. The number of hydrogen-bond donors (Lipinski definition) is 1. The second-order valence-electron chi connectivity index (χ2n) is 5.24. The molecule has 1 heterocycles. The zero-order valence-corrected chi connectivity index (χ0v) is 13.8. The highest BCUT2D eigenvalue weighted by Crippen LogP contribution is 2.20. The standard InChI is InChI=1S/C16H24ClN3O2/c1-2-22-12-4-7-18-16(21)20-10-8-19(9-11-20)15-6-3-5-14(17)13-15/h3,5-6,13H,2,4,7-12H2,1H3,(H,18,21). The van der Waals surface area contributed by atoms with Crippen LogP contribution in [0.15, 0.2) is 24.3 Å². The van der Waals surface area contributed by atoms with E-state index in [1.807, 2.05) is 30.0 Å². The zero-order chi connectivity index (χ0) is 15.8. The molecule has 22 heavy (non-hydrogen) atoms. The van der Waals surface area contributed by atoms with Crippen molar-refractivity contribution in [2.45, 2.75) is 13.3 Å². The van der Waals surface area contributed by atoms with Crippen LogP contribution in [0.1, 0.15) is 13.3 Å². The largest absolute Gasteiger partial charge is 0.382 e. The molecule has 1 saturated heterocycles. The normalized spacial score (nSPS) is 15.0. The Balaban J connectivity index is 1.71. The molecular formula is C16H24ClN3O2. The Kier molecular flexibility index (Phi) is 6.80. The highest BCUT2D eigenvalue weighted by atomic mass is 35.5. The number of halogens is 1. The highest BCUT2D eigenvalue weighted by Gasteiger charge is 2.20. The number of ether oxygens (including phenoxy) is 1. The Morgan fingerprint density at radius 2 is 2.09 bits per heavy atom. The molecule has 0 spiro atoms. The third-order valence-corrected chi connectivity index (χ3v) is 3.92. The number of nitrogens with zero attached hydrogens (tertiary/aromatic N) is 2. The molecule has 0 atom stereocenters. The summed E-state index contributed by atoms with van der Waals surface area (Å²) in [7, 11) is 0. The fourth-order valence-corrected chi connectivity index (χ4v) is 2.65. The molecule has 2 amide bonds. The number of carbonyl (C=O) groups excluding carboxylic acids is 1. The maximum absolute atomic E-state index is 12.1. The predicted octanol–water partition coefficient (Wildman–Crippen LogP) is 2.60. The molecule has 1 aromatic rings. The van der Waals surface area contributed by atoms with Gasteiger partial charge in [-0.1, -0.05) is 17.7 Å². The lowest BCUT2D eigenvalue weighted by Gasteiger charge is -2.36. The summed E-state index contributed by atoms with van der Waals surface area (Å²) in [5, 5.41) is 3.68. The topological polar surface area (TPSA) is 44.8 Å². The van der Waals surface area contributed by atoms with E-state index in [-0.39, 0.29) is 6.03 Å². The van der Waals surface area contributed by atoms with Crippen molar-refractivity contribution in [1.29, 1.82) is 0 Å². The van der Waals surface area contributed by atoms with Crippen molar-refractivity contribution in [1.82, 2.24) is 10.2 Å². The van der Waals surface area contributed by atoms with Gasteiger partial charge in [0.05, 0.1) is 0 Å². The average molecular weight is 326 g/mol. The second-order valence-corrected chi connectivity index (χ2v) is 5.67. The van der Waals surface area contributed by atoms with Gasteiger partial charge in [0.25, 0.3) is 0 Å². The van der Waals surface area contributed by atoms with Crippen molar-refractivity contribution >= 4 is 23.3 Å². The lowest BCUT2D eigenvalue weighted by molar-refractivity contribution is 0.143. The molecule has 0 radical (unpaired) electrons. The number of urea groups is 1. The van der Waals surface area contributed by atoms with E-state index < -0.39 is 0 Å². The Morgan fingerprint density at radius 1 is 1.32 bits per heavy atom. The number of benzene rings is 1. The number of carbonyl (C=O) groups is 1. The van der Waals surface area contributed by atoms with E-state index in [1.165, 1.54) is 0 Å². The van der Waals surface area contributed by atoms with Gasteiger partial charge in [-0.15, -0.1) is 0 Å². The van der Waals surface area contributed by atoms with Crippen LogP contribution in [-0.2, 0) is 4.74 Å². The first-order chi connectivity index (χ1) is 10.7. The van der Waals surface area contributed by atoms with Crippen LogP contribution < -0.4 is 10.2 Å². The van der Waals surface area contributed by atoms with E-state index >= 15 is 0 Å². The van der Waals surface area contributed by atoms with Crippen molar-refractivity contribution in [3.8, 4) is 0 Å². The summed E-state index contributed by atoms with van der Waals surface area (Å²) in [6.45, 7) is 7.15. The van der Waals surface area contributed by atoms with Crippen molar-refractivity contribution in [2.24, 2.45) is 0 Å². The van der Waals surface area contributed by atoms with Crippen LogP contribution >= 0.6 is 11.6 Å². The zero-order valence-electron chi connectivity index (χ0n) is 13.1. The molecule has 1 aliphatic rings. The molecule has 0 unspecified atom stereocenters. The molecule has 0 bridgehead atoms. The van der Waals surface area contributed by atoms with Gasteiger partial charge in [0.1, 0.15) is 0 Å². The van der Waals surface area contributed by atoms with Gasteiger partial charge < -0.3 is 19.9 Å². The van der Waals surface area contributed by atoms with Crippen LogP contribution in [0.4, 0.5) is 10.5 Å². The van der Waals surface area contributed by atoms with Crippen LogP contribution in [-0.4, -0.2) is 56.9 Å². The summed E-state index contributed by atoms with van der Waals surface area (Å²) >= 11 is 6.03. The summed E-state index contributed by atoms with van der Waals surface area (Å²) in [6.07, 6.45) is 0.849. The predicted molar refractivity (Wildman–Crippen MR) is 89.7 cm³/mol. The lowest BCUT2D eigenvalue weighted by Crippen LogP contribution is -2.52. The Labute approximate surface area is 137 Å². The van der Waals surface area contributed by atoms with Gasteiger partial charge in [0.15, 0.2) is 0 Å². The Morgan fingerprint density at radius 3 is 2.77 bits per heavy atom. The quantitative estimate of drug-likeness (QED) is 0.818. The first-order valence-electron chi connectivity index (χ1n) is 7.81. The Hall–Kier alpha value is -1.46. The minimum atomic E-state index is 0.0160. The second kappa shape index (κ2) is 8.86. The van der Waals surface area contributed by atoms with Crippen molar-refractivity contribution in [2.75, 3.05) is 50.8 Å². The fraction of sp³-hybridized carbons (Fsp3) is 0.562. The third kappa shape index (κ3) is 5.07. The highest BCUT2D eigenvalue weighted by molar-refractivity contribution is 6.30. The fourth-order valence-electron chi connectivity index (χ4n) is 2.47. The summed E-state index contributed by atoms with van der Waals surface area (Å²) in [5.74, 6) is 0. The van der Waals surface area contributed by atoms with Gasteiger partial charge in [-0.05, 0) is 31.5 Å². The van der Waals surface area contributed by atoms with Crippen LogP contribution in [0.25, 0.3) is 0 Å². The maximum Gasteiger partial charge on any atom is 0.317 e. The van der Waals surface area contributed by atoms with E-state index in [2.05, 4.69) is 16.3 Å². The van der Waals surface area contributed by atoms with Crippen LogP contribution in [0, 0.1) is 0 Å². The average Bonchev–Trinajstić information content (AvgIpc) is 2.54. The van der Waals surface area contributed by atoms with E-state index in [9.17, 15) is 4.79 Å². The lowest BCUT2D eigenvalue weighted by atomic mass is 10.2. The van der Waals surface area contributed by atoms with Crippen LogP contribution in [0.5, 0.6) is 0 Å². The van der Waals surface area contributed by atoms with Crippen LogP contribution in [0.3, 0.4) is 0 Å². The minimum Gasteiger partial charge on any atom is -0.382 e. The third-order valence-electron chi connectivity index (χ3n) is 3.69. The first-order valence-corrected chi connectivity index (χ1v) is 8.19.